The van der Waals surface area contributed by atoms with Crippen LogP contribution in [-0.2, 0) is 0 Å². The number of nitrogens with two attached hydrogens (primary N) is 1. The van der Waals surface area contributed by atoms with Crippen LogP contribution in [0.2, 0.25) is 0 Å². The fourth-order valence-electron chi connectivity index (χ4n) is 2.20. The standard InChI is InChI=1S/C15H21N3O2/c1-8(2)5-12(16)15-17-14(18-20-15)11-6-9(3)13(19)10(4)7-11/h6-8,12,19H,5,16H2,1-4H3/t12-/m1/s1. The van der Waals surface area contributed by atoms with Crippen LogP contribution < -0.4 is 5.73 Å². The van der Waals surface area contributed by atoms with Crippen molar-refractivity contribution in [1.82, 2.24) is 10.1 Å². The maximum absolute atomic E-state index is 9.79. The van der Waals surface area contributed by atoms with Crippen molar-refractivity contribution < 1.29 is 9.63 Å². The Balaban J connectivity index is 2.29. The lowest BCUT2D eigenvalue weighted by atomic mass is 10.0. The molecule has 0 bridgehead atoms. The SMILES string of the molecule is Cc1cc(-c2noc([C@H](N)CC(C)C)n2)cc(C)c1O. The highest BCUT2D eigenvalue weighted by atomic mass is 16.5. The summed E-state index contributed by atoms with van der Waals surface area (Å²) in [4.78, 5) is 4.36. The van der Waals surface area contributed by atoms with Gasteiger partial charge in [-0.05, 0) is 49.4 Å². The third-order valence-electron chi connectivity index (χ3n) is 3.23. The van der Waals surface area contributed by atoms with Gasteiger partial charge < -0.3 is 15.4 Å². The number of benzene rings is 1. The fraction of sp³-hybridized carbons (Fsp3) is 0.467. The van der Waals surface area contributed by atoms with Gasteiger partial charge in [0.1, 0.15) is 5.75 Å². The highest BCUT2D eigenvalue weighted by molar-refractivity contribution is 5.60. The van der Waals surface area contributed by atoms with Crippen LogP contribution >= 0.6 is 0 Å². The Morgan fingerprint density at radius 1 is 1.25 bits per heavy atom. The van der Waals surface area contributed by atoms with E-state index in [-0.39, 0.29) is 6.04 Å². The molecule has 0 radical (unpaired) electrons. The van der Waals surface area contributed by atoms with Crippen molar-refractivity contribution in [1.29, 1.82) is 0 Å². The number of rotatable bonds is 4. The molecule has 0 spiro atoms. The van der Waals surface area contributed by atoms with Gasteiger partial charge in [0, 0.05) is 5.56 Å². The zero-order valence-electron chi connectivity index (χ0n) is 12.3. The normalized spacial score (nSPS) is 12.9. The predicted octanol–water partition coefficient (Wildman–Crippen LogP) is 3.10. The number of aromatic nitrogens is 2. The van der Waals surface area contributed by atoms with Crippen LogP contribution in [0.15, 0.2) is 16.7 Å². The van der Waals surface area contributed by atoms with Crippen LogP contribution in [0.25, 0.3) is 11.4 Å². The average Bonchev–Trinajstić information content (AvgIpc) is 2.84. The summed E-state index contributed by atoms with van der Waals surface area (Å²) in [6, 6.07) is 3.44. The van der Waals surface area contributed by atoms with Crippen LogP contribution in [0.1, 0.15) is 43.3 Å². The number of hydrogen-bond donors (Lipinski definition) is 2. The molecule has 0 saturated heterocycles. The number of aromatic hydroxyl groups is 1. The van der Waals surface area contributed by atoms with E-state index in [1.54, 1.807) is 0 Å². The van der Waals surface area contributed by atoms with E-state index in [0.717, 1.165) is 23.1 Å². The molecule has 2 rings (SSSR count). The Morgan fingerprint density at radius 3 is 2.40 bits per heavy atom. The van der Waals surface area contributed by atoms with Crippen molar-refractivity contribution in [2.24, 2.45) is 11.7 Å². The second kappa shape index (κ2) is 5.63. The van der Waals surface area contributed by atoms with Gasteiger partial charge in [-0.25, -0.2) is 0 Å². The summed E-state index contributed by atoms with van der Waals surface area (Å²) in [6.45, 7) is 7.89. The Morgan fingerprint density at radius 2 is 1.85 bits per heavy atom. The first kappa shape index (κ1) is 14.5. The second-order valence-corrected chi connectivity index (χ2v) is 5.65. The summed E-state index contributed by atoms with van der Waals surface area (Å²) in [6.07, 6.45) is 0.801. The highest BCUT2D eigenvalue weighted by Gasteiger charge is 2.17. The molecule has 0 unspecified atom stereocenters. The van der Waals surface area contributed by atoms with E-state index in [1.165, 1.54) is 0 Å². The Bertz CT molecular complexity index is 582. The third kappa shape index (κ3) is 2.99. The summed E-state index contributed by atoms with van der Waals surface area (Å²) in [5.41, 5.74) is 8.44. The molecule has 108 valence electrons. The number of nitrogens with zero attached hydrogens (tertiary/aromatic N) is 2. The second-order valence-electron chi connectivity index (χ2n) is 5.65. The molecule has 0 saturated carbocycles. The predicted molar refractivity (Wildman–Crippen MR) is 77.3 cm³/mol. The molecule has 1 aromatic heterocycles. The van der Waals surface area contributed by atoms with Gasteiger partial charge in [0.25, 0.3) is 0 Å². The van der Waals surface area contributed by atoms with Gasteiger partial charge >= 0.3 is 0 Å². The van der Waals surface area contributed by atoms with Crippen LogP contribution in [0, 0.1) is 19.8 Å². The molecule has 0 aliphatic heterocycles. The Labute approximate surface area is 118 Å². The van der Waals surface area contributed by atoms with Crippen molar-refractivity contribution in [2.45, 2.75) is 40.2 Å². The van der Waals surface area contributed by atoms with Crippen molar-refractivity contribution >= 4 is 0 Å². The van der Waals surface area contributed by atoms with Gasteiger partial charge in [-0.2, -0.15) is 4.98 Å². The van der Waals surface area contributed by atoms with Crippen LogP contribution in [-0.4, -0.2) is 15.2 Å². The molecule has 0 fully saturated rings. The van der Waals surface area contributed by atoms with E-state index in [9.17, 15) is 5.11 Å². The molecular formula is C15H21N3O2. The summed E-state index contributed by atoms with van der Waals surface area (Å²) in [5.74, 6) is 1.73. The van der Waals surface area contributed by atoms with Crippen LogP contribution in [0.5, 0.6) is 5.75 Å². The fourth-order valence-corrected chi connectivity index (χ4v) is 2.20. The van der Waals surface area contributed by atoms with Crippen molar-refractivity contribution in [3.8, 4) is 17.1 Å². The largest absolute Gasteiger partial charge is 0.507 e. The van der Waals surface area contributed by atoms with Crippen LogP contribution in [0.4, 0.5) is 0 Å². The quantitative estimate of drug-likeness (QED) is 0.895. The van der Waals surface area contributed by atoms with E-state index in [0.29, 0.717) is 23.4 Å². The minimum Gasteiger partial charge on any atom is -0.507 e. The first-order valence-corrected chi connectivity index (χ1v) is 6.78. The number of phenolic OH excluding ortho intramolecular Hbond substituents is 1. The average molecular weight is 275 g/mol. The van der Waals surface area contributed by atoms with Gasteiger partial charge in [0.05, 0.1) is 6.04 Å². The zero-order chi connectivity index (χ0) is 14.9. The monoisotopic (exact) mass is 275 g/mol. The zero-order valence-corrected chi connectivity index (χ0v) is 12.3. The smallest absolute Gasteiger partial charge is 0.243 e. The summed E-state index contributed by atoms with van der Waals surface area (Å²) in [5, 5.41) is 13.8. The van der Waals surface area contributed by atoms with E-state index in [4.69, 9.17) is 10.3 Å². The lowest BCUT2D eigenvalue weighted by Gasteiger charge is -2.08. The van der Waals surface area contributed by atoms with Gasteiger partial charge in [0.15, 0.2) is 0 Å². The first-order chi connectivity index (χ1) is 9.38. The Hall–Kier alpha value is -1.88. The molecule has 3 N–H and O–H groups in total. The molecule has 5 heteroatoms. The van der Waals surface area contributed by atoms with E-state index in [2.05, 4.69) is 24.0 Å². The molecule has 0 aliphatic carbocycles. The van der Waals surface area contributed by atoms with Crippen molar-refractivity contribution in [3.05, 3.63) is 29.2 Å². The Kier molecular flexibility index (Phi) is 4.09. The maximum atomic E-state index is 9.79. The lowest BCUT2D eigenvalue weighted by molar-refractivity contribution is 0.335. The summed E-state index contributed by atoms with van der Waals surface area (Å²) < 4.78 is 5.24. The molecule has 1 atom stereocenters. The summed E-state index contributed by atoms with van der Waals surface area (Å²) >= 11 is 0. The molecule has 2 aromatic rings. The number of hydrogen-bond acceptors (Lipinski definition) is 5. The molecule has 0 amide bonds. The first-order valence-electron chi connectivity index (χ1n) is 6.78. The number of phenols is 1. The maximum Gasteiger partial charge on any atom is 0.243 e. The molecule has 1 aromatic carbocycles. The molecule has 0 aliphatic rings. The lowest BCUT2D eigenvalue weighted by Crippen LogP contribution is -2.13. The molecule has 20 heavy (non-hydrogen) atoms. The third-order valence-corrected chi connectivity index (χ3v) is 3.23. The van der Waals surface area contributed by atoms with Gasteiger partial charge in [-0.15, -0.1) is 0 Å². The van der Waals surface area contributed by atoms with Gasteiger partial charge in [0.2, 0.25) is 11.7 Å². The molecular weight excluding hydrogens is 254 g/mol. The highest BCUT2D eigenvalue weighted by Crippen LogP contribution is 2.28. The summed E-state index contributed by atoms with van der Waals surface area (Å²) in [7, 11) is 0. The minimum absolute atomic E-state index is 0.240. The molecule has 5 nitrogen and oxygen atoms in total. The van der Waals surface area contributed by atoms with Gasteiger partial charge in [-0.1, -0.05) is 19.0 Å². The van der Waals surface area contributed by atoms with E-state index in [1.807, 2.05) is 26.0 Å². The molecule has 1 heterocycles. The van der Waals surface area contributed by atoms with E-state index < -0.39 is 0 Å². The van der Waals surface area contributed by atoms with Crippen molar-refractivity contribution in [2.75, 3.05) is 0 Å². The van der Waals surface area contributed by atoms with Gasteiger partial charge in [-0.3, -0.25) is 0 Å². The number of aryl methyl sites for hydroxylation is 2. The minimum atomic E-state index is -0.240. The van der Waals surface area contributed by atoms with Crippen molar-refractivity contribution in [3.63, 3.8) is 0 Å². The topological polar surface area (TPSA) is 85.2 Å². The van der Waals surface area contributed by atoms with Crippen LogP contribution in [0.3, 0.4) is 0 Å². The van der Waals surface area contributed by atoms with E-state index >= 15 is 0 Å².